The lowest BCUT2D eigenvalue weighted by molar-refractivity contribution is -0.122. The third-order valence-electron chi connectivity index (χ3n) is 4.60. The van der Waals surface area contributed by atoms with Crippen LogP contribution in [0.4, 0.5) is 5.69 Å². The van der Waals surface area contributed by atoms with E-state index in [9.17, 15) is 9.59 Å². The molecule has 1 heterocycles. The van der Waals surface area contributed by atoms with Gasteiger partial charge in [0.15, 0.2) is 5.11 Å². The van der Waals surface area contributed by atoms with E-state index in [-0.39, 0.29) is 10.7 Å². The van der Waals surface area contributed by atoms with Crippen LogP contribution in [0.2, 0.25) is 0 Å². The second-order valence-electron chi connectivity index (χ2n) is 6.78. The Labute approximate surface area is 193 Å². The minimum atomic E-state index is -0.525. The van der Waals surface area contributed by atoms with Gasteiger partial charge in [-0.15, -0.1) is 0 Å². The molecule has 7 heteroatoms. The SMILES string of the molecule is O=C1NC(=S)N(c2ccccc2)C(=O)/C1=C/c1cccc(OCc2ccc(Br)cc2)c1. The molecule has 0 spiro atoms. The third kappa shape index (κ3) is 4.90. The highest BCUT2D eigenvalue weighted by Crippen LogP contribution is 2.23. The largest absolute Gasteiger partial charge is 0.489 e. The Morgan fingerprint density at radius 3 is 2.45 bits per heavy atom. The Balaban J connectivity index is 1.56. The maximum Gasteiger partial charge on any atom is 0.270 e. The highest BCUT2D eigenvalue weighted by Gasteiger charge is 2.34. The second kappa shape index (κ2) is 9.24. The normalized spacial score (nSPS) is 15.2. The molecule has 0 bridgehead atoms. The Bertz CT molecular complexity index is 1180. The summed E-state index contributed by atoms with van der Waals surface area (Å²) < 4.78 is 6.87. The van der Waals surface area contributed by atoms with Gasteiger partial charge in [-0.25, -0.2) is 0 Å². The second-order valence-corrected chi connectivity index (χ2v) is 8.08. The van der Waals surface area contributed by atoms with Crippen LogP contribution in [-0.2, 0) is 16.2 Å². The maximum atomic E-state index is 13.0. The van der Waals surface area contributed by atoms with Crippen molar-refractivity contribution in [3.63, 3.8) is 0 Å². The molecule has 1 saturated heterocycles. The number of rotatable bonds is 5. The van der Waals surface area contributed by atoms with Crippen molar-refractivity contribution in [1.29, 1.82) is 0 Å². The predicted molar refractivity (Wildman–Crippen MR) is 128 cm³/mol. The van der Waals surface area contributed by atoms with Crippen LogP contribution < -0.4 is 15.0 Å². The first-order valence-corrected chi connectivity index (χ1v) is 10.7. The molecule has 0 aliphatic carbocycles. The number of carbonyl (C=O) groups is 2. The van der Waals surface area contributed by atoms with Gasteiger partial charge in [0.25, 0.3) is 11.8 Å². The minimum absolute atomic E-state index is 0.00233. The number of nitrogens with one attached hydrogen (secondary N) is 1. The monoisotopic (exact) mass is 492 g/mol. The van der Waals surface area contributed by atoms with Crippen molar-refractivity contribution in [2.75, 3.05) is 4.90 Å². The Hall–Kier alpha value is -3.29. The molecule has 5 nitrogen and oxygen atoms in total. The van der Waals surface area contributed by atoms with Gasteiger partial charge in [0.05, 0.1) is 5.69 Å². The lowest BCUT2D eigenvalue weighted by Gasteiger charge is -2.28. The molecule has 1 N–H and O–H groups in total. The van der Waals surface area contributed by atoms with Gasteiger partial charge in [0.2, 0.25) is 0 Å². The van der Waals surface area contributed by atoms with E-state index in [2.05, 4.69) is 21.2 Å². The van der Waals surface area contributed by atoms with Crippen LogP contribution in [0, 0.1) is 0 Å². The zero-order valence-electron chi connectivity index (χ0n) is 16.2. The number of thiocarbonyl (C=S) groups is 1. The van der Waals surface area contributed by atoms with Crippen LogP contribution in [0.25, 0.3) is 6.08 Å². The van der Waals surface area contributed by atoms with Crippen LogP contribution in [-0.4, -0.2) is 16.9 Å². The van der Waals surface area contributed by atoms with E-state index < -0.39 is 11.8 Å². The average Bonchev–Trinajstić information content (AvgIpc) is 2.77. The first-order chi connectivity index (χ1) is 15.0. The lowest BCUT2D eigenvalue weighted by Crippen LogP contribution is -2.54. The number of ether oxygens (including phenoxy) is 1. The number of benzene rings is 3. The van der Waals surface area contributed by atoms with Gasteiger partial charge in [-0.2, -0.15) is 0 Å². The van der Waals surface area contributed by atoms with E-state index in [0.717, 1.165) is 10.0 Å². The van der Waals surface area contributed by atoms with E-state index >= 15 is 0 Å². The van der Waals surface area contributed by atoms with Gasteiger partial charge in [0, 0.05) is 4.47 Å². The van der Waals surface area contributed by atoms with Crippen molar-refractivity contribution >= 4 is 56.8 Å². The summed E-state index contributed by atoms with van der Waals surface area (Å²) in [6.45, 7) is 0.406. The topological polar surface area (TPSA) is 58.6 Å². The molecule has 3 aromatic rings. The van der Waals surface area contributed by atoms with Crippen LogP contribution in [0.3, 0.4) is 0 Å². The van der Waals surface area contributed by atoms with Crippen molar-refractivity contribution < 1.29 is 14.3 Å². The predicted octanol–water partition coefficient (Wildman–Crippen LogP) is 4.86. The summed E-state index contributed by atoms with van der Waals surface area (Å²) in [5, 5.41) is 2.65. The molecule has 1 fully saturated rings. The summed E-state index contributed by atoms with van der Waals surface area (Å²) in [5.74, 6) is -0.360. The Kier molecular flexibility index (Phi) is 6.25. The molecule has 1 aliphatic heterocycles. The van der Waals surface area contributed by atoms with E-state index in [4.69, 9.17) is 17.0 Å². The number of hydrogen-bond acceptors (Lipinski definition) is 4. The molecule has 0 radical (unpaired) electrons. The fourth-order valence-electron chi connectivity index (χ4n) is 3.08. The zero-order valence-corrected chi connectivity index (χ0v) is 18.7. The first-order valence-electron chi connectivity index (χ1n) is 9.45. The summed E-state index contributed by atoms with van der Waals surface area (Å²) in [5.41, 5.74) is 2.30. The van der Waals surface area contributed by atoms with Crippen molar-refractivity contribution in [1.82, 2.24) is 5.32 Å². The molecule has 154 valence electrons. The van der Waals surface area contributed by atoms with Crippen molar-refractivity contribution in [2.24, 2.45) is 0 Å². The number of hydrogen-bond donors (Lipinski definition) is 1. The van der Waals surface area contributed by atoms with Gasteiger partial charge in [0.1, 0.15) is 17.9 Å². The Morgan fingerprint density at radius 1 is 0.968 bits per heavy atom. The van der Waals surface area contributed by atoms with E-state index in [1.807, 2.05) is 42.5 Å². The molecule has 4 rings (SSSR count). The molecule has 2 amide bonds. The number of carbonyl (C=O) groups excluding carboxylic acids is 2. The van der Waals surface area contributed by atoms with Gasteiger partial charge in [-0.3, -0.25) is 19.8 Å². The molecule has 0 atom stereocenters. The fourth-order valence-corrected chi connectivity index (χ4v) is 3.62. The van der Waals surface area contributed by atoms with Crippen molar-refractivity contribution in [3.05, 3.63) is 100 Å². The summed E-state index contributed by atoms with van der Waals surface area (Å²) in [6.07, 6.45) is 1.54. The minimum Gasteiger partial charge on any atom is -0.489 e. The van der Waals surface area contributed by atoms with Crippen molar-refractivity contribution in [3.8, 4) is 5.75 Å². The summed E-state index contributed by atoms with van der Waals surface area (Å²) in [7, 11) is 0. The summed E-state index contributed by atoms with van der Waals surface area (Å²) in [6, 6.07) is 24.1. The molecule has 31 heavy (non-hydrogen) atoms. The first kappa shape index (κ1) is 21.0. The van der Waals surface area contributed by atoms with Crippen LogP contribution in [0.5, 0.6) is 5.75 Å². The van der Waals surface area contributed by atoms with E-state index in [1.165, 1.54) is 4.90 Å². The van der Waals surface area contributed by atoms with Gasteiger partial charge in [-0.1, -0.05) is 58.4 Å². The van der Waals surface area contributed by atoms with Crippen LogP contribution >= 0.6 is 28.1 Å². The van der Waals surface area contributed by atoms with Gasteiger partial charge in [-0.05, 0) is 65.8 Å². The van der Waals surface area contributed by atoms with E-state index in [0.29, 0.717) is 23.6 Å². The quantitative estimate of drug-likeness (QED) is 0.314. The lowest BCUT2D eigenvalue weighted by atomic mass is 10.1. The molecule has 0 aromatic heterocycles. The molecular formula is C24H17BrN2O3S. The van der Waals surface area contributed by atoms with Crippen molar-refractivity contribution in [2.45, 2.75) is 6.61 Å². The van der Waals surface area contributed by atoms with Gasteiger partial charge >= 0.3 is 0 Å². The number of anilines is 1. The summed E-state index contributed by atoms with van der Waals surface area (Å²) >= 11 is 8.63. The smallest absolute Gasteiger partial charge is 0.270 e. The molecular weight excluding hydrogens is 476 g/mol. The van der Waals surface area contributed by atoms with Gasteiger partial charge < -0.3 is 4.74 Å². The molecule has 3 aromatic carbocycles. The molecule has 0 saturated carbocycles. The summed E-state index contributed by atoms with van der Waals surface area (Å²) in [4.78, 5) is 26.8. The average molecular weight is 493 g/mol. The molecule has 0 unspecified atom stereocenters. The molecule has 1 aliphatic rings. The highest BCUT2D eigenvalue weighted by molar-refractivity contribution is 9.10. The van der Waals surface area contributed by atoms with Crippen LogP contribution in [0.15, 0.2) is 88.9 Å². The standard InChI is InChI=1S/C24H17BrN2O3S/c25-18-11-9-16(10-12-18)15-30-20-8-4-5-17(13-20)14-21-22(28)26-24(31)27(23(21)29)19-6-2-1-3-7-19/h1-14H,15H2,(H,26,28,31)/b21-14+. The van der Waals surface area contributed by atoms with E-state index in [1.54, 1.807) is 42.5 Å². The number of amides is 2. The number of para-hydroxylation sites is 1. The van der Waals surface area contributed by atoms with Crippen LogP contribution in [0.1, 0.15) is 11.1 Å². The fraction of sp³-hybridized carbons (Fsp3) is 0.0417. The third-order valence-corrected chi connectivity index (χ3v) is 5.42. The zero-order chi connectivity index (χ0) is 21.8. The number of halogens is 1. The highest BCUT2D eigenvalue weighted by atomic mass is 79.9. The maximum absolute atomic E-state index is 13.0. The Morgan fingerprint density at radius 2 is 1.71 bits per heavy atom. The number of nitrogens with zero attached hydrogens (tertiary/aromatic N) is 1.